The molecule has 1 aliphatic heterocycles. The minimum atomic E-state index is -1.21. The van der Waals surface area contributed by atoms with Gasteiger partial charge in [-0.1, -0.05) is 23.7 Å². The SMILES string of the molecule is CC1=C(C(=O)O)NC(C(=O)O)=CC1(C)c1cccc(Cl)c1. The molecule has 0 fully saturated rings. The lowest BCUT2D eigenvalue weighted by Gasteiger charge is -2.34. The van der Waals surface area contributed by atoms with Gasteiger partial charge >= 0.3 is 11.9 Å². The van der Waals surface area contributed by atoms with Crippen LogP contribution in [0.1, 0.15) is 19.4 Å². The molecule has 0 saturated heterocycles. The Hall–Kier alpha value is -2.27. The maximum Gasteiger partial charge on any atom is 0.352 e. The number of carboxylic acids is 2. The number of carbonyl (C=O) groups is 2. The summed E-state index contributed by atoms with van der Waals surface area (Å²) in [7, 11) is 0. The van der Waals surface area contributed by atoms with Gasteiger partial charge in [-0.15, -0.1) is 0 Å². The van der Waals surface area contributed by atoms with Gasteiger partial charge < -0.3 is 15.5 Å². The zero-order chi connectivity index (χ0) is 15.8. The number of carboxylic acid groups (broad SMARTS) is 2. The van der Waals surface area contributed by atoms with Crippen LogP contribution in [0.5, 0.6) is 0 Å². The summed E-state index contributed by atoms with van der Waals surface area (Å²) in [4.78, 5) is 22.6. The van der Waals surface area contributed by atoms with Crippen LogP contribution in [0.15, 0.2) is 47.3 Å². The Morgan fingerprint density at radius 3 is 2.43 bits per heavy atom. The van der Waals surface area contributed by atoms with E-state index in [0.717, 1.165) is 5.56 Å². The monoisotopic (exact) mass is 307 g/mol. The van der Waals surface area contributed by atoms with Crippen LogP contribution in [-0.2, 0) is 15.0 Å². The van der Waals surface area contributed by atoms with Crippen molar-refractivity contribution in [2.75, 3.05) is 0 Å². The number of rotatable bonds is 3. The van der Waals surface area contributed by atoms with E-state index in [1.54, 1.807) is 38.1 Å². The van der Waals surface area contributed by atoms with E-state index >= 15 is 0 Å². The van der Waals surface area contributed by atoms with Crippen LogP contribution in [-0.4, -0.2) is 22.2 Å². The molecule has 0 aliphatic carbocycles. The molecule has 110 valence electrons. The number of aliphatic carboxylic acids is 2. The first-order chi connectivity index (χ1) is 9.75. The Morgan fingerprint density at radius 2 is 1.90 bits per heavy atom. The molecule has 0 spiro atoms. The van der Waals surface area contributed by atoms with Crippen LogP contribution in [0.25, 0.3) is 0 Å². The van der Waals surface area contributed by atoms with Gasteiger partial charge in [0.05, 0.1) is 0 Å². The number of nitrogens with one attached hydrogen (secondary N) is 1. The second-order valence-electron chi connectivity index (χ2n) is 5.01. The maximum atomic E-state index is 11.4. The van der Waals surface area contributed by atoms with Gasteiger partial charge in [0.2, 0.25) is 0 Å². The Bertz CT molecular complexity index is 693. The average Bonchev–Trinajstić information content (AvgIpc) is 2.41. The minimum absolute atomic E-state index is 0.127. The highest BCUT2D eigenvalue weighted by Crippen LogP contribution is 2.39. The van der Waals surface area contributed by atoms with Gasteiger partial charge in [-0.05, 0) is 43.2 Å². The molecule has 5 nitrogen and oxygen atoms in total. The number of benzene rings is 1. The van der Waals surface area contributed by atoms with E-state index < -0.39 is 17.4 Å². The zero-order valence-electron chi connectivity index (χ0n) is 11.5. The van der Waals surface area contributed by atoms with Gasteiger partial charge in [0, 0.05) is 10.4 Å². The summed E-state index contributed by atoms with van der Waals surface area (Å²) < 4.78 is 0. The van der Waals surface area contributed by atoms with Crippen molar-refractivity contribution in [2.45, 2.75) is 19.3 Å². The molecule has 0 aromatic heterocycles. The molecule has 1 unspecified atom stereocenters. The third-order valence-corrected chi connectivity index (χ3v) is 3.95. The molecule has 0 radical (unpaired) electrons. The number of hydrogen-bond acceptors (Lipinski definition) is 3. The van der Waals surface area contributed by atoms with E-state index in [1.807, 2.05) is 0 Å². The largest absolute Gasteiger partial charge is 0.477 e. The summed E-state index contributed by atoms with van der Waals surface area (Å²) in [5, 5.41) is 21.4. The average molecular weight is 308 g/mol. The van der Waals surface area contributed by atoms with Gasteiger partial charge in [-0.25, -0.2) is 9.59 Å². The second kappa shape index (κ2) is 5.26. The van der Waals surface area contributed by atoms with Crippen molar-refractivity contribution in [2.24, 2.45) is 0 Å². The van der Waals surface area contributed by atoms with Crippen molar-refractivity contribution in [3.05, 3.63) is 57.9 Å². The molecule has 21 heavy (non-hydrogen) atoms. The van der Waals surface area contributed by atoms with Crippen LogP contribution >= 0.6 is 11.6 Å². The first kappa shape index (κ1) is 15.1. The highest BCUT2D eigenvalue weighted by atomic mass is 35.5. The van der Waals surface area contributed by atoms with Crippen LogP contribution in [0, 0.1) is 0 Å². The van der Waals surface area contributed by atoms with Crippen molar-refractivity contribution < 1.29 is 19.8 Å². The van der Waals surface area contributed by atoms with Gasteiger partial charge in [-0.3, -0.25) is 0 Å². The molecule has 2 rings (SSSR count). The van der Waals surface area contributed by atoms with E-state index in [1.165, 1.54) is 6.08 Å². The van der Waals surface area contributed by atoms with Crippen molar-refractivity contribution in [1.82, 2.24) is 5.32 Å². The fourth-order valence-electron chi connectivity index (χ4n) is 2.36. The van der Waals surface area contributed by atoms with Crippen LogP contribution in [0.2, 0.25) is 5.02 Å². The lowest BCUT2D eigenvalue weighted by atomic mass is 9.73. The first-order valence-corrected chi connectivity index (χ1v) is 6.57. The molecule has 1 heterocycles. The maximum absolute atomic E-state index is 11.4. The standard InChI is InChI=1S/C15H14ClNO4/c1-8-12(14(20)21)17-11(13(18)19)7-15(8,2)9-4-3-5-10(16)6-9/h3-7,17H,1-2H3,(H,18,19)(H,20,21). The quantitative estimate of drug-likeness (QED) is 0.799. The molecule has 6 heteroatoms. The van der Waals surface area contributed by atoms with Gasteiger partial charge in [0.1, 0.15) is 11.4 Å². The number of hydrogen-bond donors (Lipinski definition) is 3. The molecule has 0 saturated carbocycles. The van der Waals surface area contributed by atoms with Crippen molar-refractivity contribution >= 4 is 23.5 Å². The first-order valence-electron chi connectivity index (χ1n) is 6.19. The van der Waals surface area contributed by atoms with Crippen molar-refractivity contribution in [1.29, 1.82) is 0 Å². The van der Waals surface area contributed by atoms with Crippen molar-refractivity contribution in [3.8, 4) is 0 Å². The summed E-state index contributed by atoms with van der Waals surface area (Å²) >= 11 is 5.99. The predicted octanol–water partition coefficient (Wildman–Crippen LogP) is 2.53. The van der Waals surface area contributed by atoms with Crippen LogP contribution in [0.4, 0.5) is 0 Å². The van der Waals surface area contributed by atoms with Crippen molar-refractivity contribution in [3.63, 3.8) is 0 Å². The fraction of sp³-hybridized carbons (Fsp3) is 0.200. The van der Waals surface area contributed by atoms with E-state index in [4.69, 9.17) is 11.6 Å². The summed E-state index contributed by atoms with van der Waals surface area (Å²) in [6.45, 7) is 3.42. The van der Waals surface area contributed by atoms with E-state index in [0.29, 0.717) is 10.6 Å². The third-order valence-electron chi connectivity index (χ3n) is 3.72. The number of allylic oxidation sites excluding steroid dienone is 2. The minimum Gasteiger partial charge on any atom is -0.477 e. The molecular weight excluding hydrogens is 294 g/mol. The fourth-order valence-corrected chi connectivity index (χ4v) is 2.55. The lowest BCUT2D eigenvalue weighted by Crippen LogP contribution is -2.37. The predicted molar refractivity (Wildman–Crippen MR) is 78.0 cm³/mol. The molecule has 1 atom stereocenters. The van der Waals surface area contributed by atoms with Gasteiger partial charge in [0.15, 0.2) is 0 Å². The van der Waals surface area contributed by atoms with E-state index in [9.17, 15) is 19.8 Å². The highest BCUT2D eigenvalue weighted by Gasteiger charge is 2.36. The molecule has 1 aliphatic rings. The Morgan fingerprint density at radius 1 is 1.24 bits per heavy atom. The summed E-state index contributed by atoms with van der Waals surface area (Å²) in [5.41, 5.74) is 0.0871. The molecule has 0 amide bonds. The third kappa shape index (κ3) is 2.64. The highest BCUT2D eigenvalue weighted by molar-refractivity contribution is 6.30. The normalized spacial score (nSPS) is 21.6. The molecule has 3 N–H and O–H groups in total. The summed E-state index contributed by atoms with van der Waals surface area (Å²) in [6, 6.07) is 6.93. The molecule has 1 aromatic carbocycles. The summed E-state index contributed by atoms with van der Waals surface area (Å²) in [6.07, 6.45) is 1.50. The number of halogens is 1. The smallest absolute Gasteiger partial charge is 0.352 e. The zero-order valence-corrected chi connectivity index (χ0v) is 12.2. The lowest BCUT2D eigenvalue weighted by molar-refractivity contribution is -0.133. The topological polar surface area (TPSA) is 86.6 Å². The summed E-state index contributed by atoms with van der Waals surface area (Å²) in [5.74, 6) is -2.41. The number of dihydropyridines is 1. The Balaban J connectivity index is 2.68. The van der Waals surface area contributed by atoms with Gasteiger partial charge in [-0.2, -0.15) is 0 Å². The van der Waals surface area contributed by atoms with E-state index in [-0.39, 0.29) is 11.4 Å². The Kier molecular flexibility index (Phi) is 3.78. The molecular formula is C15H14ClNO4. The second-order valence-corrected chi connectivity index (χ2v) is 5.44. The van der Waals surface area contributed by atoms with Crippen LogP contribution < -0.4 is 5.32 Å². The molecule has 0 bridgehead atoms. The van der Waals surface area contributed by atoms with E-state index in [2.05, 4.69) is 5.32 Å². The van der Waals surface area contributed by atoms with Gasteiger partial charge in [0.25, 0.3) is 0 Å². The molecule has 1 aromatic rings. The Labute approximate surface area is 126 Å². The van der Waals surface area contributed by atoms with Crippen LogP contribution in [0.3, 0.4) is 0 Å².